The molecule has 0 saturated carbocycles. The van der Waals surface area contributed by atoms with Crippen molar-refractivity contribution in [1.29, 1.82) is 0 Å². The summed E-state index contributed by atoms with van der Waals surface area (Å²) in [5.41, 5.74) is 5.27. The van der Waals surface area contributed by atoms with E-state index in [9.17, 15) is 4.79 Å². The Morgan fingerprint density at radius 1 is 1.00 bits per heavy atom. The lowest BCUT2D eigenvalue weighted by Gasteiger charge is -2.08. The maximum absolute atomic E-state index is 12.4. The molecule has 2 heteroatoms. The Kier molecular flexibility index (Phi) is 3.44. The van der Waals surface area contributed by atoms with Gasteiger partial charge in [-0.05, 0) is 29.2 Å². The van der Waals surface area contributed by atoms with Gasteiger partial charge in [0.2, 0.25) is 0 Å². The zero-order valence-electron chi connectivity index (χ0n) is 11.9. The molecule has 3 rings (SSSR count). The van der Waals surface area contributed by atoms with Crippen LogP contribution in [0.4, 0.5) is 0 Å². The molecule has 0 N–H and O–H groups in total. The molecule has 1 aliphatic carbocycles. The van der Waals surface area contributed by atoms with Crippen LogP contribution in [-0.4, -0.2) is 12.6 Å². The zero-order chi connectivity index (χ0) is 14.8. The Morgan fingerprint density at radius 3 is 2.29 bits per heavy atom. The standard InChI is InChI=1S/C19H16O2/c1-3-21-19(20)17-13(2)15-11-7-8-12-16(15)18(17)14-9-5-4-6-10-14/h4-12H,2-3H2,1H3. The fourth-order valence-electron chi connectivity index (χ4n) is 2.72. The van der Waals surface area contributed by atoms with Gasteiger partial charge in [-0.1, -0.05) is 61.2 Å². The van der Waals surface area contributed by atoms with Crippen molar-refractivity contribution in [2.45, 2.75) is 6.92 Å². The number of carbonyl (C=O) groups excluding carboxylic acids is 1. The summed E-state index contributed by atoms with van der Waals surface area (Å²) >= 11 is 0. The van der Waals surface area contributed by atoms with Crippen molar-refractivity contribution in [2.24, 2.45) is 0 Å². The van der Waals surface area contributed by atoms with Crippen molar-refractivity contribution < 1.29 is 9.53 Å². The average molecular weight is 276 g/mol. The maximum atomic E-state index is 12.4. The normalized spacial score (nSPS) is 13.3. The molecule has 21 heavy (non-hydrogen) atoms. The van der Waals surface area contributed by atoms with Crippen LogP contribution in [0, 0.1) is 0 Å². The lowest BCUT2D eigenvalue weighted by molar-refractivity contribution is -0.137. The Morgan fingerprint density at radius 2 is 1.62 bits per heavy atom. The Labute approximate surface area is 124 Å². The highest BCUT2D eigenvalue weighted by molar-refractivity contribution is 6.20. The first kappa shape index (κ1) is 13.4. The second kappa shape index (κ2) is 5.41. The van der Waals surface area contributed by atoms with Crippen LogP contribution in [0.25, 0.3) is 11.1 Å². The maximum Gasteiger partial charge on any atom is 0.339 e. The van der Waals surface area contributed by atoms with Crippen LogP contribution < -0.4 is 0 Å². The van der Waals surface area contributed by atoms with Crippen molar-refractivity contribution in [1.82, 2.24) is 0 Å². The number of hydrogen-bond donors (Lipinski definition) is 0. The minimum absolute atomic E-state index is 0.308. The predicted octanol–water partition coefficient (Wildman–Crippen LogP) is 4.08. The monoisotopic (exact) mass is 276 g/mol. The number of benzene rings is 2. The molecule has 2 nitrogen and oxygen atoms in total. The SMILES string of the molecule is C=C1C(C(=O)OCC)=C(c2ccccc2)c2ccccc21. The van der Waals surface area contributed by atoms with E-state index in [2.05, 4.69) is 6.58 Å². The topological polar surface area (TPSA) is 26.3 Å². The highest BCUT2D eigenvalue weighted by Crippen LogP contribution is 2.43. The van der Waals surface area contributed by atoms with Crippen LogP contribution in [-0.2, 0) is 9.53 Å². The van der Waals surface area contributed by atoms with Gasteiger partial charge in [-0.25, -0.2) is 4.79 Å². The molecular weight excluding hydrogens is 260 g/mol. The smallest absolute Gasteiger partial charge is 0.339 e. The highest BCUT2D eigenvalue weighted by Gasteiger charge is 2.30. The van der Waals surface area contributed by atoms with Crippen LogP contribution in [0.2, 0.25) is 0 Å². The number of esters is 1. The molecule has 0 unspecified atom stereocenters. The van der Waals surface area contributed by atoms with Crippen molar-refractivity contribution in [2.75, 3.05) is 6.61 Å². The van der Waals surface area contributed by atoms with Crippen molar-refractivity contribution in [3.05, 3.63) is 83.4 Å². The van der Waals surface area contributed by atoms with E-state index in [4.69, 9.17) is 4.74 Å². The van der Waals surface area contributed by atoms with Crippen LogP contribution in [0.15, 0.2) is 66.7 Å². The zero-order valence-corrected chi connectivity index (χ0v) is 11.9. The summed E-state index contributed by atoms with van der Waals surface area (Å²) in [6, 6.07) is 17.9. The summed E-state index contributed by atoms with van der Waals surface area (Å²) in [6.45, 7) is 6.26. The van der Waals surface area contributed by atoms with Crippen molar-refractivity contribution in [3.8, 4) is 0 Å². The Hall–Kier alpha value is -2.61. The molecule has 2 aromatic rings. The molecule has 0 saturated heterocycles. The Bertz CT molecular complexity index is 739. The van der Waals surface area contributed by atoms with E-state index in [1.54, 1.807) is 0 Å². The lowest BCUT2D eigenvalue weighted by Crippen LogP contribution is -2.08. The van der Waals surface area contributed by atoms with E-state index < -0.39 is 0 Å². The van der Waals surface area contributed by atoms with Gasteiger partial charge in [0.05, 0.1) is 12.2 Å². The summed E-state index contributed by atoms with van der Waals surface area (Å²) in [5.74, 6) is -0.308. The van der Waals surface area contributed by atoms with Gasteiger partial charge in [0.1, 0.15) is 0 Å². The molecule has 0 heterocycles. The molecule has 0 spiro atoms. The van der Waals surface area contributed by atoms with Gasteiger partial charge in [-0.2, -0.15) is 0 Å². The first-order chi connectivity index (χ1) is 10.2. The Balaban J connectivity index is 2.25. The van der Waals surface area contributed by atoms with Crippen LogP contribution in [0.5, 0.6) is 0 Å². The average Bonchev–Trinajstić information content (AvgIpc) is 2.82. The summed E-state index contributed by atoms with van der Waals surface area (Å²) in [4.78, 5) is 12.4. The largest absolute Gasteiger partial charge is 0.462 e. The molecule has 0 atom stereocenters. The summed E-state index contributed by atoms with van der Waals surface area (Å²) in [7, 11) is 0. The van der Waals surface area contributed by atoms with E-state index in [0.29, 0.717) is 12.2 Å². The van der Waals surface area contributed by atoms with Gasteiger partial charge in [0, 0.05) is 5.57 Å². The molecule has 104 valence electrons. The first-order valence-electron chi connectivity index (χ1n) is 7.00. The van der Waals surface area contributed by atoms with E-state index in [-0.39, 0.29) is 5.97 Å². The molecule has 1 aliphatic rings. The summed E-state index contributed by atoms with van der Waals surface area (Å²) in [6.07, 6.45) is 0. The third-order valence-electron chi connectivity index (χ3n) is 3.62. The molecule has 0 aliphatic heterocycles. The molecule has 0 fully saturated rings. The van der Waals surface area contributed by atoms with Gasteiger partial charge in [0.15, 0.2) is 0 Å². The van der Waals surface area contributed by atoms with Crippen LogP contribution >= 0.6 is 0 Å². The molecule has 0 aromatic heterocycles. The number of carbonyl (C=O) groups is 1. The second-order valence-corrected chi connectivity index (χ2v) is 4.86. The quantitative estimate of drug-likeness (QED) is 0.790. The number of ether oxygens (including phenoxy) is 1. The third kappa shape index (κ3) is 2.19. The van der Waals surface area contributed by atoms with Gasteiger partial charge < -0.3 is 4.74 Å². The number of fused-ring (bicyclic) bond motifs is 1. The minimum Gasteiger partial charge on any atom is -0.462 e. The lowest BCUT2D eigenvalue weighted by atomic mass is 9.97. The molecule has 0 radical (unpaired) electrons. The molecule has 0 bridgehead atoms. The first-order valence-corrected chi connectivity index (χ1v) is 7.00. The summed E-state index contributed by atoms with van der Waals surface area (Å²) < 4.78 is 5.22. The predicted molar refractivity (Wildman–Crippen MR) is 84.6 cm³/mol. The van der Waals surface area contributed by atoms with Gasteiger partial charge in [0.25, 0.3) is 0 Å². The van der Waals surface area contributed by atoms with E-state index in [0.717, 1.165) is 27.8 Å². The fourth-order valence-corrected chi connectivity index (χ4v) is 2.72. The van der Waals surface area contributed by atoms with Gasteiger partial charge in [-0.15, -0.1) is 0 Å². The van der Waals surface area contributed by atoms with E-state index >= 15 is 0 Å². The number of rotatable bonds is 3. The molecule has 0 amide bonds. The second-order valence-electron chi connectivity index (χ2n) is 4.86. The molecule has 2 aromatic carbocycles. The van der Waals surface area contributed by atoms with Gasteiger partial charge in [-0.3, -0.25) is 0 Å². The van der Waals surface area contributed by atoms with Crippen LogP contribution in [0.1, 0.15) is 23.6 Å². The van der Waals surface area contributed by atoms with Crippen LogP contribution in [0.3, 0.4) is 0 Å². The van der Waals surface area contributed by atoms with Crippen molar-refractivity contribution >= 4 is 17.1 Å². The van der Waals surface area contributed by atoms with Crippen molar-refractivity contribution in [3.63, 3.8) is 0 Å². The van der Waals surface area contributed by atoms with Gasteiger partial charge >= 0.3 is 5.97 Å². The molecular formula is C19H16O2. The number of hydrogen-bond acceptors (Lipinski definition) is 2. The third-order valence-corrected chi connectivity index (χ3v) is 3.62. The summed E-state index contributed by atoms with van der Waals surface area (Å²) in [5, 5.41) is 0. The minimum atomic E-state index is -0.308. The van der Waals surface area contributed by atoms with E-state index in [1.165, 1.54) is 0 Å². The van der Waals surface area contributed by atoms with E-state index in [1.807, 2.05) is 61.5 Å². The highest BCUT2D eigenvalue weighted by atomic mass is 16.5. The fraction of sp³-hybridized carbons (Fsp3) is 0.105.